The number of hydrogen-bond donors (Lipinski definition) is 2. The van der Waals surface area contributed by atoms with Crippen molar-refractivity contribution in [1.82, 2.24) is 20.5 Å². The van der Waals surface area contributed by atoms with Gasteiger partial charge in [0.05, 0.1) is 22.2 Å². The summed E-state index contributed by atoms with van der Waals surface area (Å²) in [6, 6.07) is 10.0. The number of amides is 3. The summed E-state index contributed by atoms with van der Waals surface area (Å²) in [6.45, 7) is 15.3. The monoisotopic (exact) mass is 553 g/mol. The Labute approximate surface area is 237 Å². The van der Waals surface area contributed by atoms with E-state index in [-0.39, 0.29) is 29.3 Å². The molecule has 2 aromatic rings. The number of carbonyl (C=O) groups is 3. The largest absolute Gasteiger partial charge is 0.352 e. The van der Waals surface area contributed by atoms with Gasteiger partial charge in [0.1, 0.15) is 11.5 Å². The van der Waals surface area contributed by atoms with Crippen LogP contribution >= 0.6 is 11.3 Å². The number of nitrogens with one attached hydrogen (secondary N) is 2. The summed E-state index contributed by atoms with van der Waals surface area (Å²) < 4.78 is 0. The third-order valence-corrected chi connectivity index (χ3v) is 8.18. The van der Waals surface area contributed by atoms with Crippen LogP contribution in [0.2, 0.25) is 0 Å². The van der Waals surface area contributed by atoms with Gasteiger partial charge in [0.15, 0.2) is 0 Å². The Morgan fingerprint density at radius 3 is 2.38 bits per heavy atom. The first-order valence-electron chi connectivity index (χ1n) is 13.7. The van der Waals surface area contributed by atoms with Crippen LogP contribution < -0.4 is 10.6 Å². The highest BCUT2D eigenvalue weighted by molar-refractivity contribution is 7.13. The molecular formula is C30H43N5O3S. The van der Waals surface area contributed by atoms with Crippen LogP contribution in [0.3, 0.4) is 0 Å². The summed E-state index contributed by atoms with van der Waals surface area (Å²) >= 11 is 1.63. The molecule has 2 unspecified atom stereocenters. The van der Waals surface area contributed by atoms with Gasteiger partial charge in [-0.1, -0.05) is 58.9 Å². The third-order valence-electron chi connectivity index (χ3n) is 7.21. The minimum absolute atomic E-state index is 0.0429. The zero-order valence-electron chi connectivity index (χ0n) is 24.3. The van der Waals surface area contributed by atoms with Crippen LogP contribution in [-0.4, -0.2) is 46.7 Å². The number of aryl methyl sites for hydroxylation is 1. The number of rotatable bonds is 7. The van der Waals surface area contributed by atoms with E-state index in [1.165, 1.54) is 4.88 Å². The van der Waals surface area contributed by atoms with Crippen molar-refractivity contribution in [2.45, 2.75) is 92.8 Å². The number of benzene rings is 1. The van der Waals surface area contributed by atoms with E-state index in [1.807, 2.05) is 45.3 Å². The standard InChI is InChI=1S/C17H19N3O2S.C11H18N2O.C2H6/c1-12-16(23-10-19-12)14-6-4-13(5-7-14)9-18-17(22)15-3-2-8-20(15)11-21;1-8(10(2,3)4)13-9(14)11(7-12)5-6-11;1-2/h4-7,10-11,15H,2-3,8-9H2,1H3,(H,18,22);8H,5-6H2,1-4H3,(H,13,14);1-2H3. The maximum Gasteiger partial charge on any atom is 0.243 e. The lowest BCUT2D eigenvalue weighted by Gasteiger charge is -2.28. The Morgan fingerprint density at radius 1 is 1.26 bits per heavy atom. The van der Waals surface area contributed by atoms with E-state index in [4.69, 9.17) is 5.26 Å². The average Bonchev–Trinajstić information content (AvgIpc) is 3.38. The Bertz CT molecular complexity index is 1140. The first kappa shape index (κ1) is 32.0. The number of aromatic nitrogens is 1. The van der Waals surface area contributed by atoms with Gasteiger partial charge in [-0.05, 0) is 56.1 Å². The first-order chi connectivity index (χ1) is 18.5. The Kier molecular flexibility index (Phi) is 11.7. The third kappa shape index (κ3) is 8.62. The quantitative estimate of drug-likeness (QED) is 0.456. The molecule has 3 amide bonds. The minimum Gasteiger partial charge on any atom is -0.352 e. The number of hydrogen-bond acceptors (Lipinski definition) is 6. The Hall–Kier alpha value is -3.25. The van der Waals surface area contributed by atoms with Gasteiger partial charge in [0.25, 0.3) is 0 Å². The van der Waals surface area contributed by atoms with E-state index >= 15 is 0 Å². The SMILES string of the molecule is CC.CC(NC(=O)C1(C#N)CC1)C(C)(C)C.Cc1ncsc1-c1ccc(CNC(=O)C2CCCN2C=O)cc1. The van der Waals surface area contributed by atoms with Crippen LogP contribution in [0.1, 0.15) is 78.5 Å². The van der Waals surface area contributed by atoms with E-state index in [2.05, 4.69) is 54.6 Å². The molecule has 9 heteroatoms. The molecule has 2 N–H and O–H groups in total. The zero-order chi connectivity index (χ0) is 29.2. The van der Waals surface area contributed by atoms with Crippen LogP contribution in [0.15, 0.2) is 29.8 Å². The van der Waals surface area contributed by atoms with Crippen LogP contribution in [0.4, 0.5) is 0 Å². The summed E-state index contributed by atoms with van der Waals surface area (Å²) in [6.07, 6.45) is 3.83. The van der Waals surface area contributed by atoms with Gasteiger partial charge in [-0.15, -0.1) is 11.3 Å². The molecule has 1 aromatic carbocycles. The van der Waals surface area contributed by atoms with Crippen LogP contribution in [-0.2, 0) is 20.9 Å². The Morgan fingerprint density at radius 2 is 1.90 bits per heavy atom. The second-order valence-corrected chi connectivity index (χ2v) is 11.8. The van der Waals surface area contributed by atoms with Gasteiger partial charge < -0.3 is 15.5 Å². The molecule has 1 saturated carbocycles. The Balaban J connectivity index is 0.000000287. The lowest BCUT2D eigenvalue weighted by atomic mass is 9.87. The number of nitrogens with zero attached hydrogens (tertiary/aromatic N) is 3. The molecule has 0 bridgehead atoms. The summed E-state index contributed by atoms with van der Waals surface area (Å²) in [5.41, 5.74) is 4.41. The van der Waals surface area contributed by atoms with Gasteiger partial charge >= 0.3 is 0 Å². The molecular weight excluding hydrogens is 510 g/mol. The second kappa shape index (κ2) is 14.2. The van der Waals surface area contributed by atoms with E-state index in [0.717, 1.165) is 36.1 Å². The minimum atomic E-state index is -0.695. The smallest absolute Gasteiger partial charge is 0.243 e. The fraction of sp³-hybridized carbons (Fsp3) is 0.567. The van der Waals surface area contributed by atoms with Crippen molar-refractivity contribution in [3.63, 3.8) is 0 Å². The summed E-state index contributed by atoms with van der Waals surface area (Å²) in [5, 5.41) is 14.7. The first-order valence-corrected chi connectivity index (χ1v) is 14.6. The van der Waals surface area contributed by atoms with Crippen LogP contribution in [0, 0.1) is 29.1 Å². The molecule has 1 aromatic heterocycles. The van der Waals surface area contributed by atoms with E-state index in [1.54, 1.807) is 16.2 Å². The fourth-order valence-corrected chi connectivity index (χ4v) is 4.73. The molecule has 2 heterocycles. The van der Waals surface area contributed by atoms with Crippen molar-refractivity contribution in [2.75, 3.05) is 6.54 Å². The van der Waals surface area contributed by atoms with Crippen molar-refractivity contribution in [3.8, 4) is 16.5 Å². The van der Waals surface area contributed by atoms with Crippen molar-refractivity contribution < 1.29 is 14.4 Å². The van der Waals surface area contributed by atoms with Crippen molar-refractivity contribution >= 4 is 29.6 Å². The van der Waals surface area contributed by atoms with Crippen molar-refractivity contribution in [1.29, 1.82) is 5.26 Å². The normalized spacial score (nSPS) is 17.8. The van der Waals surface area contributed by atoms with E-state index < -0.39 is 5.41 Å². The lowest BCUT2D eigenvalue weighted by Crippen LogP contribution is -2.44. The fourth-order valence-electron chi connectivity index (χ4n) is 3.92. The summed E-state index contributed by atoms with van der Waals surface area (Å²) in [7, 11) is 0. The number of likely N-dealkylation sites (tertiary alicyclic amines) is 1. The lowest BCUT2D eigenvalue weighted by molar-refractivity contribution is -0.131. The van der Waals surface area contributed by atoms with Gasteiger partial charge in [-0.2, -0.15) is 5.26 Å². The molecule has 0 radical (unpaired) electrons. The summed E-state index contributed by atoms with van der Waals surface area (Å²) in [4.78, 5) is 41.8. The van der Waals surface area contributed by atoms with E-state index in [9.17, 15) is 14.4 Å². The number of thiazole rings is 1. The van der Waals surface area contributed by atoms with Crippen molar-refractivity contribution in [2.24, 2.45) is 10.8 Å². The molecule has 2 fully saturated rings. The number of nitriles is 1. The van der Waals surface area contributed by atoms with Gasteiger partial charge in [0.2, 0.25) is 18.2 Å². The summed E-state index contributed by atoms with van der Waals surface area (Å²) in [5.74, 6) is -0.167. The van der Waals surface area contributed by atoms with E-state index in [0.29, 0.717) is 25.9 Å². The molecule has 8 nitrogen and oxygen atoms in total. The molecule has 1 saturated heterocycles. The molecule has 2 atom stereocenters. The van der Waals surface area contributed by atoms with Crippen LogP contribution in [0.5, 0.6) is 0 Å². The molecule has 4 rings (SSSR count). The van der Waals surface area contributed by atoms with Crippen LogP contribution in [0.25, 0.3) is 10.4 Å². The molecule has 39 heavy (non-hydrogen) atoms. The maximum atomic E-state index is 12.2. The predicted octanol–water partition coefficient (Wildman–Crippen LogP) is 5.22. The van der Waals surface area contributed by atoms with Crippen molar-refractivity contribution in [3.05, 3.63) is 41.0 Å². The predicted molar refractivity (Wildman–Crippen MR) is 156 cm³/mol. The van der Waals surface area contributed by atoms with Gasteiger partial charge in [0, 0.05) is 19.1 Å². The molecule has 1 aliphatic carbocycles. The molecule has 1 aliphatic heterocycles. The highest BCUT2D eigenvalue weighted by Crippen LogP contribution is 2.45. The molecule has 212 valence electrons. The maximum absolute atomic E-state index is 12.2. The number of carbonyl (C=O) groups excluding carboxylic acids is 3. The average molecular weight is 554 g/mol. The topological polar surface area (TPSA) is 115 Å². The highest BCUT2D eigenvalue weighted by atomic mass is 32.1. The van der Waals surface area contributed by atoms with Gasteiger partial charge in [-0.25, -0.2) is 4.98 Å². The zero-order valence-corrected chi connectivity index (χ0v) is 25.2. The highest BCUT2D eigenvalue weighted by Gasteiger charge is 2.51. The second-order valence-electron chi connectivity index (χ2n) is 10.9. The molecule has 2 aliphatic rings. The van der Waals surface area contributed by atoms with Gasteiger partial charge in [-0.3, -0.25) is 14.4 Å². The molecule has 0 spiro atoms.